The van der Waals surface area contributed by atoms with Gasteiger partial charge in [0.25, 0.3) is 0 Å². The second kappa shape index (κ2) is 5.61. The molecular weight excluding hydrogens is 330 g/mol. The molecule has 0 radical (unpaired) electrons. The van der Waals surface area contributed by atoms with Crippen LogP contribution in [0.2, 0.25) is 0 Å². The van der Waals surface area contributed by atoms with E-state index >= 15 is 0 Å². The van der Waals surface area contributed by atoms with E-state index in [0.717, 1.165) is 26.8 Å². The van der Waals surface area contributed by atoms with E-state index < -0.39 is 0 Å². The summed E-state index contributed by atoms with van der Waals surface area (Å²) < 4.78 is 6.37. The lowest BCUT2D eigenvalue weighted by molar-refractivity contribution is 0.419. The molecule has 2 aromatic carbocycles. The minimum Gasteiger partial charge on any atom is -0.494 e. The molecule has 5 heteroatoms. The number of anilines is 3. The summed E-state index contributed by atoms with van der Waals surface area (Å²) in [4.78, 5) is 4.38. The maximum absolute atomic E-state index is 5.94. The highest BCUT2D eigenvalue weighted by atomic mass is 79.9. The van der Waals surface area contributed by atoms with Crippen molar-refractivity contribution in [3.05, 3.63) is 53.1 Å². The van der Waals surface area contributed by atoms with Gasteiger partial charge in [0.15, 0.2) is 0 Å². The highest BCUT2D eigenvalue weighted by Gasteiger charge is 2.09. The Hall–Kier alpha value is -2.27. The summed E-state index contributed by atoms with van der Waals surface area (Å²) in [5.41, 5.74) is 9.29. The van der Waals surface area contributed by atoms with E-state index in [9.17, 15) is 0 Å². The van der Waals surface area contributed by atoms with Crippen molar-refractivity contribution in [3.63, 3.8) is 0 Å². The molecule has 106 valence electrons. The molecule has 0 atom stereocenters. The van der Waals surface area contributed by atoms with Gasteiger partial charge in [-0.2, -0.15) is 0 Å². The number of ether oxygens (including phenoxy) is 1. The number of hydrogen-bond donors (Lipinski definition) is 2. The molecule has 0 amide bonds. The zero-order chi connectivity index (χ0) is 14.8. The van der Waals surface area contributed by atoms with Gasteiger partial charge in [-0.05, 0) is 30.3 Å². The predicted molar refractivity (Wildman–Crippen MR) is 90.1 cm³/mol. The molecule has 3 N–H and O–H groups in total. The van der Waals surface area contributed by atoms with Gasteiger partial charge in [0.1, 0.15) is 11.3 Å². The van der Waals surface area contributed by atoms with Gasteiger partial charge in [-0.15, -0.1) is 0 Å². The van der Waals surface area contributed by atoms with Crippen LogP contribution in [-0.4, -0.2) is 12.1 Å². The summed E-state index contributed by atoms with van der Waals surface area (Å²) in [6.07, 6.45) is 1.75. The first-order valence-corrected chi connectivity index (χ1v) is 7.21. The fourth-order valence-electron chi connectivity index (χ4n) is 2.23. The molecule has 0 saturated carbocycles. The number of nitrogens with two attached hydrogens (primary N) is 1. The number of nitrogens with zero attached hydrogens (tertiary/aromatic N) is 1. The molecule has 0 spiro atoms. The third-order valence-electron chi connectivity index (χ3n) is 3.16. The van der Waals surface area contributed by atoms with Gasteiger partial charge in [-0.1, -0.05) is 22.0 Å². The number of halogens is 1. The van der Waals surface area contributed by atoms with Gasteiger partial charge >= 0.3 is 0 Å². The number of nitrogen functional groups attached to an aromatic ring is 1. The van der Waals surface area contributed by atoms with Crippen LogP contribution in [0.4, 0.5) is 17.1 Å². The topological polar surface area (TPSA) is 60.2 Å². The first-order chi connectivity index (χ1) is 10.2. The Morgan fingerprint density at radius 2 is 2.05 bits per heavy atom. The van der Waals surface area contributed by atoms with Crippen molar-refractivity contribution >= 4 is 43.9 Å². The summed E-state index contributed by atoms with van der Waals surface area (Å²) in [6.45, 7) is 0. The Kier molecular flexibility index (Phi) is 3.66. The van der Waals surface area contributed by atoms with Gasteiger partial charge in [0.2, 0.25) is 0 Å². The van der Waals surface area contributed by atoms with Crippen LogP contribution >= 0.6 is 15.9 Å². The van der Waals surface area contributed by atoms with Gasteiger partial charge < -0.3 is 15.8 Å². The van der Waals surface area contributed by atoms with Crippen molar-refractivity contribution in [1.29, 1.82) is 0 Å². The SMILES string of the molecule is COc1cc(N)cc2c(Nc3cccc(Br)c3)ccnc12. The second-order valence-corrected chi connectivity index (χ2v) is 5.53. The molecule has 0 aliphatic carbocycles. The van der Waals surface area contributed by atoms with E-state index in [1.807, 2.05) is 36.4 Å². The summed E-state index contributed by atoms with van der Waals surface area (Å²) in [5, 5.41) is 4.31. The van der Waals surface area contributed by atoms with Gasteiger partial charge in [0.05, 0.1) is 7.11 Å². The van der Waals surface area contributed by atoms with E-state index in [2.05, 4.69) is 26.2 Å². The Bertz CT molecular complexity index is 805. The van der Waals surface area contributed by atoms with Gasteiger partial charge in [-0.3, -0.25) is 4.98 Å². The lowest BCUT2D eigenvalue weighted by atomic mass is 10.1. The molecule has 1 aromatic heterocycles. The molecule has 3 aromatic rings. The van der Waals surface area contributed by atoms with Gasteiger partial charge in [-0.25, -0.2) is 0 Å². The summed E-state index contributed by atoms with van der Waals surface area (Å²) >= 11 is 3.47. The van der Waals surface area contributed by atoms with E-state index in [0.29, 0.717) is 11.4 Å². The number of benzene rings is 2. The fraction of sp³-hybridized carbons (Fsp3) is 0.0625. The molecule has 0 fully saturated rings. The molecule has 0 saturated heterocycles. The second-order valence-electron chi connectivity index (χ2n) is 4.61. The maximum atomic E-state index is 5.94. The average Bonchev–Trinajstić information content (AvgIpc) is 2.47. The van der Waals surface area contributed by atoms with Crippen molar-refractivity contribution in [1.82, 2.24) is 4.98 Å². The van der Waals surface area contributed by atoms with Crippen LogP contribution in [-0.2, 0) is 0 Å². The Morgan fingerprint density at radius 1 is 1.19 bits per heavy atom. The first kappa shape index (κ1) is 13.7. The lowest BCUT2D eigenvalue weighted by Gasteiger charge is -2.12. The Balaban J connectivity index is 2.12. The number of hydrogen-bond acceptors (Lipinski definition) is 4. The molecule has 21 heavy (non-hydrogen) atoms. The largest absolute Gasteiger partial charge is 0.494 e. The third-order valence-corrected chi connectivity index (χ3v) is 3.65. The number of aromatic nitrogens is 1. The van der Waals surface area contributed by atoms with Gasteiger partial charge in [0, 0.05) is 39.2 Å². The monoisotopic (exact) mass is 343 g/mol. The number of rotatable bonds is 3. The zero-order valence-electron chi connectivity index (χ0n) is 11.4. The molecule has 4 nitrogen and oxygen atoms in total. The van der Waals surface area contributed by atoms with Crippen molar-refractivity contribution in [2.24, 2.45) is 0 Å². The molecule has 3 rings (SSSR count). The number of fused-ring (bicyclic) bond motifs is 1. The van der Waals surface area contributed by atoms with E-state index in [-0.39, 0.29) is 0 Å². The number of nitrogens with one attached hydrogen (secondary N) is 1. The summed E-state index contributed by atoms with van der Waals surface area (Å²) in [6, 6.07) is 13.6. The van der Waals surface area contributed by atoms with E-state index in [1.165, 1.54) is 0 Å². The highest BCUT2D eigenvalue weighted by molar-refractivity contribution is 9.10. The minimum atomic E-state index is 0.643. The highest BCUT2D eigenvalue weighted by Crippen LogP contribution is 2.33. The van der Waals surface area contributed by atoms with Crippen molar-refractivity contribution in [2.45, 2.75) is 0 Å². The number of pyridine rings is 1. The molecule has 0 unspecified atom stereocenters. The van der Waals surface area contributed by atoms with Crippen molar-refractivity contribution in [3.8, 4) is 5.75 Å². The zero-order valence-corrected chi connectivity index (χ0v) is 13.0. The van der Waals surface area contributed by atoms with Crippen LogP contribution in [0, 0.1) is 0 Å². The quantitative estimate of drug-likeness (QED) is 0.694. The van der Waals surface area contributed by atoms with Crippen molar-refractivity contribution in [2.75, 3.05) is 18.2 Å². The molecule has 0 aliphatic rings. The van der Waals surface area contributed by atoms with E-state index in [1.54, 1.807) is 19.4 Å². The van der Waals surface area contributed by atoms with Crippen molar-refractivity contribution < 1.29 is 4.74 Å². The smallest absolute Gasteiger partial charge is 0.147 e. The van der Waals surface area contributed by atoms with Crippen LogP contribution < -0.4 is 15.8 Å². The lowest BCUT2D eigenvalue weighted by Crippen LogP contribution is -1.96. The van der Waals surface area contributed by atoms with Crippen LogP contribution in [0.5, 0.6) is 5.75 Å². The number of methoxy groups -OCH3 is 1. The van der Waals surface area contributed by atoms with E-state index in [4.69, 9.17) is 10.5 Å². The average molecular weight is 344 g/mol. The van der Waals surface area contributed by atoms with Crippen LogP contribution in [0.1, 0.15) is 0 Å². The summed E-state index contributed by atoms with van der Waals surface area (Å²) in [7, 11) is 1.62. The molecular formula is C16H14BrN3O. The molecule has 1 heterocycles. The van der Waals surface area contributed by atoms with Crippen LogP contribution in [0.15, 0.2) is 53.1 Å². The maximum Gasteiger partial charge on any atom is 0.147 e. The molecule has 0 bridgehead atoms. The molecule has 0 aliphatic heterocycles. The first-order valence-electron chi connectivity index (χ1n) is 6.42. The fourth-order valence-corrected chi connectivity index (χ4v) is 2.63. The Morgan fingerprint density at radius 3 is 2.81 bits per heavy atom. The van der Waals surface area contributed by atoms with Crippen LogP contribution in [0.25, 0.3) is 10.9 Å². The minimum absolute atomic E-state index is 0.643. The summed E-state index contributed by atoms with van der Waals surface area (Å²) in [5.74, 6) is 0.669. The van der Waals surface area contributed by atoms with Crippen LogP contribution in [0.3, 0.4) is 0 Å². The Labute approximate surface area is 131 Å². The standard InChI is InChI=1S/C16H14BrN3O/c1-21-15-9-11(18)8-13-14(5-6-19-16(13)15)20-12-4-2-3-10(17)7-12/h2-9H,18H2,1H3,(H,19,20). The normalized spacial score (nSPS) is 10.6. The third kappa shape index (κ3) is 2.78. The predicted octanol–water partition coefficient (Wildman–Crippen LogP) is 4.33.